The molecule has 2 heterocycles. The molecule has 2 aliphatic rings. The lowest BCUT2D eigenvalue weighted by atomic mass is 10.1. The number of amides is 1. The Morgan fingerprint density at radius 2 is 2.07 bits per heavy atom. The van der Waals surface area contributed by atoms with E-state index in [2.05, 4.69) is 4.99 Å². The van der Waals surface area contributed by atoms with Gasteiger partial charge in [0.2, 0.25) is 0 Å². The highest BCUT2D eigenvalue weighted by atomic mass is 35.5. The second-order valence-electron chi connectivity index (χ2n) is 7.44. The highest BCUT2D eigenvalue weighted by Gasteiger charge is 2.50. The highest BCUT2D eigenvalue weighted by Crippen LogP contribution is 2.44. The van der Waals surface area contributed by atoms with Crippen molar-refractivity contribution in [3.8, 4) is 5.75 Å². The molecule has 0 bridgehead atoms. The molecular weight excluding hydrogens is 444 g/mol. The number of benzene rings is 2. The number of sulfone groups is 1. The van der Waals surface area contributed by atoms with Gasteiger partial charge in [0, 0.05) is 10.3 Å². The molecule has 2 aromatic rings. The maximum atomic E-state index is 12.7. The molecule has 2 saturated heterocycles. The molecule has 2 fully saturated rings. The van der Waals surface area contributed by atoms with Gasteiger partial charge in [0.05, 0.1) is 36.8 Å². The van der Waals surface area contributed by atoms with E-state index in [9.17, 15) is 13.2 Å². The second-order valence-corrected chi connectivity index (χ2v) is 11.2. The Morgan fingerprint density at radius 3 is 2.80 bits per heavy atom. The molecule has 2 aliphatic heterocycles. The number of carbonyl (C=O) groups excluding carboxylic acids is 1. The van der Waals surface area contributed by atoms with Crippen molar-refractivity contribution in [2.24, 2.45) is 4.99 Å². The summed E-state index contributed by atoms with van der Waals surface area (Å²) in [7, 11) is -1.62. The minimum Gasteiger partial charge on any atom is -0.495 e. The molecule has 158 valence electrons. The van der Waals surface area contributed by atoms with Gasteiger partial charge in [-0.05, 0) is 30.7 Å². The van der Waals surface area contributed by atoms with Gasteiger partial charge in [-0.2, -0.15) is 4.99 Å². The Morgan fingerprint density at radius 1 is 1.27 bits per heavy atom. The SMILES string of the molecule is COc1ccc(Cl)cc1N1C(=NC(=O)Cc2cccc(C)c2)S[C@H]2CS(=O)(=O)C[C@H]21. The van der Waals surface area contributed by atoms with Crippen LogP contribution in [0.1, 0.15) is 11.1 Å². The Hall–Kier alpha value is -2.03. The molecule has 30 heavy (non-hydrogen) atoms. The van der Waals surface area contributed by atoms with Gasteiger partial charge in [0.25, 0.3) is 5.91 Å². The first kappa shape index (κ1) is 21.2. The van der Waals surface area contributed by atoms with Crippen molar-refractivity contribution in [1.82, 2.24) is 0 Å². The summed E-state index contributed by atoms with van der Waals surface area (Å²) in [6.07, 6.45) is 0.180. The number of aliphatic imine (C=N–C) groups is 1. The molecule has 2 atom stereocenters. The third-order valence-corrected chi connectivity index (χ3v) is 8.57. The zero-order chi connectivity index (χ0) is 21.5. The number of thioether (sulfide) groups is 1. The van der Waals surface area contributed by atoms with E-state index < -0.39 is 9.84 Å². The summed E-state index contributed by atoms with van der Waals surface area (Å²) in [6, 6.07) is 12.6. The predicted molar refractivity (Wildman–Crippen MR) is 122 cm³/mol. The van der Waals surface area contributed by atoms with Crippen LogP contribution < -0.4 is 9.64 Å². The smallest absolute Gasteiger partial charge is 0.252 e. The fraction of sp³-hybridized carbons (Fsp3) is 0.333. The van der Waals surface area contributed by atoms with Crippen LogP contribution in [0.4, 0.5) is 5.69 Å². The van der Waals surface area contributed by atoms with E-state index in [0.29, 0.717) is 21.6 Å². The van der Waals surface area contributed by atoms with E-state index in [1.54, 1.807) is 30.2 Å². The van der Waals surface area contributed by atoms with Crippen LogP contribution >= 0.6 is 23.4 Å². The van der Waals surface area contributed by atoms with Crippen LogP contribution in [0.2, 0.25) is 5.02 Å². The first-order valence-electron chi connectivity index (χ1n) is 9.42. The normalized spacial score (nSPS) is 23.6. The van der Waals surface area contributed by atoms with E-state index in [-0.39, 0.29) is 35.1 Å². The zero-order valence-electron chi connectivity index (χ0n) is 16.5. The minimum atomic E-state index is -3.16. The number of nitrogens with zero attached hydrogens (tertiary/aromatic N) is 2. The number of fused-ring (bicyclic) bond motifs is 1. The van der Waals surface area contributed by atoms with Gasteiger partial charge < -0.3 is 9.64 Å². The second kappa shape index (κ2) is 8.24. The average molecular weight is 465 g/mol. The summed E-state index contributed by atoms with van der Waals surface area (Å²) in [5, 5.41) is 0.785. The molecule has 9 heteroatoms. The molecule has 0 radical (unpaired) electrons. The quantitative estimate of drug-likeness (QED) is 0.689. The van der Waals surface area contributed by atoms with Crippen LogP contribution in [0, 0.1) is 6.92 Å². The molecular formula is C21H21ClN2O4S2. The standard InChI is InChI=1S/C21H21ClN2O4S2/c1-13-4-3-5-14(8-13)9-20(25)23-21-24(16-10-15(22)6-7-18(16)28-2)17-11-30(26,27)12-19(17)29-21/h3-8,10,17,19H,9,11-12H2,1-2H3/t17-,19+/m1/s1. The fourth-order valence-electron chi connectivity index (χ4n) is 3.84. The number of amidine groups is 1. The third-order valence-electron chi connectivity index (χ3n) is 5.13. The molecule has 0 aromatic heterocycles. The van der Waals surface area contributed by atoms with Crippen molar-refractivity contribution in [3.63, 3.8) is 0 Å². The minimum absolute atomic E-state index is 0.00538. The summed E-state index contributed by atoms with van der Waals surface area (Å²) < 4.78 is 30.0. The molecule has 1 amide bonds. The van der Waals surface area contributed by atoms with Crippen molar-refractivity contribution in [2.75, 3.05) is 23.5 Å². The van der Waals surface area contributed by atoms with Gasteiger partial charge >= 0.3 is 0 Å². The lowest BCUT2D eigenvalue weighted by Gasteiger charge is -2.26. The summed E-state index contributed by atoms with van der Waals surface area (Å²) in [4.78, 5) is 18.9. The number of carbonyl (C=O) groups is 1. The van der Waals surface area contributed by atoms with Crippen LogP contribution in [-0.4, -0.2) is 49.4 Å². The number of rotatable bonds is 4. The van der Waals surface area contributed by atoms with Crippen LogP contribution in [-0.2, 0) is 21.1 Å². The Labute approximate surface area is 185 Å². The Balaban J connectivity index is 1.70. The molecule has 4 rings (SSSR count). The van der Waals surface area contributed by atoms with E-state index in [0.717, 1.165) is 11.1 Å². The molecule has 6 nitrogen and oxygen atoms in total. The first-order valence-corrected chi connectivity index (χ1v) is 12.5. The average Bonchev–Trinajstić information content (AvgIpc) is 3.12. The molecule has 2 aromatic carbocycles. The van der Waals surface area contributed by atoms with E-state index in [1.807, 2.05) is 31.2 Å². The molecule has 0 saturated carbocycles. The predicted octanol–water partition coefficient (Wildman–Crippen LogP) is 3.50. The third kappa shape index (κ3) is 4.36. The molecule has 0 spiro atoms. The Bertz CT molecular complexity index is 1130. The largest absolute Gasteiger partial charge is 0.495 e. The lowest BCUT2D eigenvalue weighted by molar-refractivity contribution is -0.117. The van der Waals surface area contributed by atoms with E-state index >= 15 is 0 Å². The number of hydrogen-bond acceptors (Lipinski definition) is 5. The Kier molecular flexibility index (Phi) is 5.83. The summed E-state index contributed by atoms with van der Waals surface area (Å²) in [5.74, 6) is 0.332. The lowest BCUT2D eigenvalue weighted by Crippen LogP contribution is -2.38. The zero-order valence-corrected chi connectivity index (χ0v) is 18.9. The number of halogens is 1. The fourth-order valence-corrected chi connectivity index (χ4v) is 7.93. The van der Waals surface area contributed by atoms with Crippen LogP contribution in [0.15, 0.2) is 47.5 Å². The van der Waals surface area contributed by atoms with Crippen LogP contribution in [0.3, 0.4) is 0 Å². The number of methoxy groups -OCH3 is 1. The number of anilines is 1. The van der Waals surface area contributed by atoms with Gasteiger partial charge in [-0.3, -0.25) is 4.79 Å². The summed E-state index contributed by atoms with van der Waals surface area (Å²) in [6.45, 7) is 1.97. The van der Waals surface area contributed by atoms with Crippen molar-refractivity contribution >= 4 is 50.0 Å². The van der Waals surface area contributed by atoms with E-state index in [1.165, 1.54) is 11.8 Å². The maximum Gasteiger partial charge on any atom is 0.252 e. The molecule has 0 aliphatic carbocycles. The number of ether oxygens (including phenoxy) is 1. The monoisotopic (exact) mass is 464 g/mol. The summed E-state index contributed by atoms with van der Waals surface area (Å²) in [5.41, 5.74) is 2.58. The van der Waals surface area contributed by atoms with Crippen LogP contribution in [0.5, 0.6) is 5.75 Å². The van der Waals surface area contributed by atoms with Gasteiger partial charge in [-0.25, -0.2) is 8.42 Å². The first-order chi connectivity index (χ1) is 14.3. The van der Waals surface area contributed by atoms with Gasteiger partial charge in [0.15, 0.2) is 15.0 Å². The highest BCUT2D eigenvalue weighted by molar-refractivity contribution is 8.16. The van der Waals surface area contributed by atoms with Gasteiger partial charge in [-0.15, -0.1) is 0 Å². The van der Waals surface area contributed by atoms with Crippen molar-refractivity contribution in [3.05, 3.63) is 58.6 Å². The van der Waals surface area contributed by atoms with Crippen LogP contribution in [0.25, 0.3) is 0 Å². The number of aryl methyl sites for hydroxylation is 1. The topological polar surface area (TPSA) is 76.0 Å². The van der Waals surface area contributed by atoms with E-state index in [4.69, 9.17) is 16.3 Å². The maximum absolute atomic E-state index is 12.7. The van der Waals surface area contributed by atoms with Crippen molar-refractivity contribution < 1.29 is 17.9 Å². The van der Waals surface area contributed by atoms with Gasteiger partial charge in [0.1, 0.15) is 5.75 Å². The van der Waals surface area contributed by atoms with Crippen molar-refractivity contribution in [1.29, 1.82) is 0 Å². The van der Waals surface area contributed by atoms with Gasteiger partial charge in [-0.1, -0.05) is 53.2 Å². The molecule has 0 N–H and O–H groups in total. The number of hydrogen-bond donors (Lipinski definition) is 0. The summed E-state index contributed by atoms with van der Waals surface area (Å²) >= 11 is 7.54. The molecule has 0 unspecified atom stereocenters. The van der Waals surface area contributed by atoms with Crippen molar-refractivity contribution in [2.45, 2.75) is 24.6 Å².